The average Bonchev–Trinajstić information content (AvgIpc) is 2.67. The van der Waals surface area contributed by atoms with Crippen LogP contribution in [0.2, 0.25) is 10.2 Å². The zero-order valence-corrected chi connectivity index (χ0v) is 14.8. The van der Waals surface area contributed by atoms with Crippen molar-refractivity contribution in [1.82, 2.24) is 9.78 Å². The van der Waals surface area contributed by atoms with E-state index in [1.54, 1.807) is 33.0 Å². The normalized spacial score (nSPS) is 11.5. The molecule has 0 amide bonds. The van der Waals surface area contributed by atoms with Crippen LogP contribution in [0.25, 0.3) is 0 Å². The van der Waals surface area contributed by atoms with Crippen LogP contribution in [-0.4, -0.2) is 25.3 Å². The molecular formula is C13H15Cl2N3O3S. The number of nitrogens with one attached hydrogen (secondary N) is 1. The molecule has 0 saturated heterocycles. The van der Waals surface area contributed by atoms with Crippen LogP contribution < -0.4 is 9.46 Å². The molecule has 9 heteroatoms. The summed E-state index contributed by atoms with van der Waals surface area (Å²) in [6.07, 6.45) is 0. The van der Waals surface area contributed by atoms with Crippen molar-refractivity contribution in [3.63, 3.8) is 0 Å². The molecule has 0 aliphatic rings. The lowest BCUT2D eigenvalue weighted by atomic mass is 10.2. The van der Waals surface area contributed by atoms with Crippen LogP contribution in [0.3, 0.4) is 0 Å². The molecule has 2 aromatic rings. The van der Waals surface area contributed by atoms with Crippen molar-refractivity contribution >= 4 is 38.9 Å². The quantitative estimate of drug-likeness (QED) is 0.905. The van der Waals surface area contributed by atoms with E-state index in [0.717, 1.165) is 0 Å². The number of rotatable bonds is 4. The second-order valence-corrected chi connectivity index (χ2v) is 7.12. The summed E-state index contributed by atoms with van der Waals surface area (Å²) in [4.78, 5) is -0.0636. The molecule has 22 heavy (non-hydrogen) atoms. The molecule has 0 fully saturated rings. The number of anilines is 1. The summed E-state index contributed by atoms with van der Waals surface area (Å²) in [7, 11) is -0.902. The molecule has 0 aliphatic carbocycles. The third-order valence-electron chi connectivity index (χ3n) is 3.09. The molecule has 6 nitrogen and oxygen atoms in total. The predicted octanol–water partition coefficient (Wildman–Crippen LogP) is 3.15. The largest absolute Gasteiger partial charge is 0.495 e. The van der Waals surface area contributed by atoms with E-state index < -0.39 is 10.0 Å². The fraction of sp³-hybridized carbons (Fsp3) is 0.308. The van der Waals surface area contributed by atoms with E-state index in [2.05, 4.69) is 9.82 Å². The molecule has 0 unspecified atom stereocenters. The number of hydrogen-bond donors (Lipinski definition) is 1. The van der Waals surface area contributed by atoms with Gasteiger partial charge in [0, 0.05) is 18.1 Å². The first-order valence-corrected chi connectivity index (χ1v) is 8.47. The Balaban J connectivity index is 2.52. The third-order valence-corrected chi connectivity index (χ3v) is 5.56. The Morgan fingerprint density at radius 1 is 1.27 bits per heavy atom. The van der Waals surface area contributed by atoms with E-state index in [9.17, 15) is 8.42 Å². The topological polar surface area (TPSA) is 73.2 Å². The zero-order valence-electron chi connectivity index (χ0n) is 12.4. The summed E-state index contributed by atoms with van der Waals surface area (Å²) < 4.78 is 34.1. The number of sulfonamides is 1. The van der Waals surface area contributed by atoms with Crippen molar-refractivity contribution in [2.24, 2.45) is 7.05 Å². The van der Waals surface area contributed by atoms with Gasteiger partial charge in [-0.05, 0) is 25.5 Å². The van der Waals surface area contributed by atoms with Crippen LogP contribution >= 0.6 is 23.2 Å². The van der Waals surface area contributed by atoms with Crippen LogP contribution in [0.5, 0.6) is 5.75 Å². The monoisotopic (exact) mass is 363 g/mol. The molecule has 1 N–H and O–H groups in total. The molecule has 0 spiro atoms. The van der Waals surface area contributed by atoms with Crippen molar-refractivity contribution in [2.75, 3.05) is 11.8 Å². The minimum atomic E-state index is -3.90. The maximum Gasteiger partial charge on any atom is 0.266 e. The zero-order chi connectivity index (χ0) is 16.7. The Morgan fingerprint density at radius 3 is 2.41 bits per heavy atom. The van der Waals surface area contributed by atoms with E-state index in [4.69, 9.17) is 27.9 Å². The molecule has 0 radical (unpaired) electrons. The van der Waals surface area contributed by atoms with Gasteiger partial charge >= 0.3 is 0 Å². The van der Waals surface area contributed by atoms with Gasteiger partial charge in [0.05, 0.1) is 18.5 Å². The minimum Gasteiger partial charge on any atom is -0.495 e. The highest BCUT2D eigenvalue weighted by Crippen LogP contribution is 2.34. The van der Waals surface area contributed by atoms with Gasteiger partial charge in [0.15, 0.2) is 0 Å². The number of methoxy groups -OCH3 is 1. The highest BCUT2D eigenvalue weighted by molar-refractivity contribution is 7.92. The minimum absolute atomic E-state index is 0.0367. The summed E-state index contributed by atoms with van der Waals surface area (Å²) in [5.74, 6) is 0.317. The molecular weight excluding hydrogens is 349 g/mol. The fourth-order valence-electron chi connectivity index (χ4n) is 2.02. The summed E-state index contributed by atoms with van der Waals surface area (Å²) in [5, 5.41) is 4.52. The van der Waals surface area contributed by atoms with E-state index in [-0.39, 0.29) is 15.7 Å². The lowest BCUT2D eigenvalue weighted by Crippen LogP contribution is -2.15. The van der Waals surface area contributed by atoms with Gasteiger partial charge in [-0.3, -0.25) is 9.40 Å². The number of hydrogen-bond acceptors (Lipinski definition) is 4. The Labute approximate surface area is 139 Å². The van der Waals surface area contributed by atoms with E-state index in [0.29, 0.717) is 22.0 Å². The molecule has 120 valence electrons. The molecule has 0 bridgehead atoms. The maximum absolute atomic E-state index is 12.6. The predicted molar refractivity (Wildman–Crippen MR) is 86.5 cm³/mol. The lowest BCUT2D eigenvalue weighted by molar-refractivity contribution is 0.417. The number of halogens is 2. The molecule has 1 aromatic heterocycles. The van der Waals surface area contributed by atoms with Crippen LogP contribution in [0.4, 0.5) is 5.69 Å². The first-order chi connectivity index (χ1) is 10.2. The Bertz CT molecular complexity index is 832. The van der Waals surface area contributed by atoms with Gasteiger partial charge in [-0.2, -0.15) is 5.10 Å². The van der Waals surface area contributed by atoms with Crippen molar-refractivity contribution in [1.29, 1.82) is 0 Å². The Hall–Kier alpha value is -1.44. The van der Waals surface area contributed by atoms with Crippen LogP contribution in [-0.2, 0) is 17.1 Å². The molecule has 0 aliphatic heterocycles. The summed E-state index contributed by atoms with van der Waals surface area (Å²) in [6.45, 7) is 3.34. The molecule has 0 atom stereocenters. The van der Waals surface area contributed by atoms with Gasteiger partial charge in [-0.25, -0.2) is 8.42 Å². The first kappa shape index (κ1) is 16.9. The first-order valence-electron chi connectivity index (χ1n) is 6.23. The third kappa shape index (κ3) is 3.02. The van der Waals surface area contributed by atoms with E-state index in [1.165, 1.54) is 11.8 Å². The Kier molecular flexibility index (Phi) is 4.60. The number of nitrogens with zero attached hydrogens (tertiary/aromatic N) is 2. The van der Waals surface area contributed by atoms with Gasteiger partial charge in [0.1, 0.15) is 15.8 Å². The summed E-state index contributed by atoms with van der Waals surface area (Å²) in [6, 6.07) is 3.14. The standard InChI is InChI=1S/C13H15Cl2N3O3S/c1-7-5-10(11(21-4)6-9(7)14)17-22(19,20)12-8(2)16-18(3)13(12)15/h5-6,17H,1-4H3. The van der Waals surface area contributed by atoms with E-state index in [1.807, 2.05) is 0 Å². The van der Waals surface area contributed by atoms with Gasteiger partial charge < -0.3 is 4.74 Å². The van der Waals surface area contributed by atoms with E-state index >= 15 is 0 Å². The second-order valence-electron chi connectivity index (χ2n) is 4.74. The summed E-state index contributed by atoms with van der Waals surface area (Å²) >= 11 is 12.0. The van der Waals surface area contributed by atoms with Gasteiger partial charge in [0.2, 0.25) is 0 Å². The number of ether oxygens (including phenoxy) is 1. The maximum atomic E-state index is 12.6. The van der Waals surface area contributed by atoms with Crippen LogP contribution in [0.1, 0.15) is 11.3 Å². The fourth-order valence-corrected chi connectivity index (χ4v) is 3.99. The van der Waals surface area contributed by atoms with Gasteiger partial charge in [-0.15, -0.1) is 0 Å². The Morgan fingerprint density at radius 2 is 1.91 bits per heavy atom. The van der Waals surface area contributed by atoms with Gasteiger partial charge in [0.25, 0.3) is 10.0 Å². The van der Waals surface area contributed by atoms with Gasteiger partial charge in [-0.1, -0.05) is 23.2 Å². The molecule has 2 rings (SSSR count). The molecule has 1 aromatic carbocycles. The lowest BCUT2D eigenvalue weighted by Gasteiger charge is -2.13. The number of aromatic nitrogens is 2. The molecule has 1 heterocycles. The molecule has 0 saturated carbocycles. The number of aryl methyl sites for hydroxylation is 3. The van der Waals surface area contributed by atoms with Crippen LogP contribution in [0, 0.1) is 13.8 Å². The van der Waals surface area contributed by atoms with Crippen LogP contribution in [0.15, 0.2) is 17.0 Å². The smallest absolute Gasteiger partial charge is 0.266 e. The SMILES string of the molecule is COc1cc(Cl)c(C)cc1NS(=O)(=O)c1c(C)nn(C)c1Cl. The average molecular weight is 364 g/mol. The van der Waals surface area contributed by atoms with Crippen molar-refractivity contribution in [2.45, 2.75) is 18.7 Å². The second kappa shape index (κ2) is 5.98. The highest BCUT2D eigenvalue weighted by atomic mass is 35.5. The highest BCUT2D eigenvalue weighted by Gasteiger charge is 2.26. The number of benzene rings is 1. The van der Waals surface area contributed by atoms with Crippen molar-refractivity contribution < 1.29 is 13.2 Å². The van der Waals surface area contributed by atoms with Crippen molar-refractivity contribution in [3.8, 4) is 5.75 Å². The summed E-state index contributed by atoms with van der Waals surface area (Å²) in [5.41, 5.74) is 1.31. The van der Waals surface area contributed by atoms with Crippen molar-refractivity contribution in [3.05, 3.63) is 33.6 Å².